The minimum absolute atomic E-state index is 0.0742. The summed E-state index contributed by atoms with van der Waals surface area (Å²) in [5, 5.41) is 10.8. The summed E-state index contributed by atoms with van der Waals surface area (Å²) in [7, 11) is 0. The van der Waals surface area contributed by atoms with Gasteiger partial charge in [0.1, 0.15) is 0 Å². The number of hydrogen-bond acceptors (Lipinski definition) is 2. The van der Waals surface area contributed by atoms with Gasteiger partial charge in [0.05, 0.1) is 4.92 Å². The van der Waals surface area contributed by atoms with E-state index in [0.717, 1.165) is 5.56 Å². The van der Waals surface area contributed by atoms with Crippen LogP contribution in [0.2, 0.25) is 5.02 Å². The number of halogens is 2. The molecule has 0 radical (unpaired) electrons. The third kappa shape index (κ3) is 3.16. The zero-order valence-electron chi connectivity index (χ0n) is 6.41. The van der Waals surface area contributed by atoms with Crippen LogP contribution in [-0.2, 0) is 0 Å². The minimum atomic E-state index is -0.505. The molecule has 0 bridgehead atoms. The molecule has 0 aliphatic heterocycles. The molecule has 68 valence electrons. The van der Waals surface area contributed by atoms with E-state index in [-0.39, 0.29) is 4.61 Å². The maximum Gasteiger partial charge on any atom is 0.311 e. The van der Waals surface area contributed by atoms with Gasteiger partial charge in [-0.2, -0.15) is 0 Å². The molecule has 0 atom stereocenters. The molecule has 1 aromatic rings. The predicted molar refractivity (Wildman–Crippen MR) is 55.4 cm³/mol. The summed E-state index contributed by atoms with van der Waals surface area (Å²) in [6.07, 6.45) is 1.41. The van der Waals surface area contributed by atoms with Crippen molar-refractivity contribution in [3.8, 4) is 0 Å². The summed E-state index contributed by atoms with van der Waals surface area (Å²) < 4.78 is -0.0742. The molecule has 0 N–H and O–H groups in total. The Morgan fingerprint density at radius 2 is 2.00 bits per heavy atom. The number of hydrogen-bond donors (Lipinski definition) is 0. The molecule has 0 amide bonds. The van der Waals surface area contributed by atoms with Crippen molar-refractivity contribution in [3.63, 3.8) is 0 Å². The van der Waals surface area contributed by atoms with Crippen LogP contribution in [0.15, 0.2) is 28.9 Å². The Balaban J connectivity index is 2.92. The molecule has 1 rings (SSSR count). The first-order valence-corrected chi connectivity index (χ1v) is 4.54. The Hall–Kier alpha value is -0.870. The van der Waals surface area contributed by atoms with Gasteiger partial charge >= 0.3 is 4.61 Å². The van der Waals surface area contributed by atoms with Gasteiger partial charge in [-0.1, -0.05) is 23.7 Å². The number of benzene rings is 1. The van der Waals surface area contributed by atoms with Crippen LogP contribution in [0.1, 0.15) is 5.56 Å². The third-order valence-electron chi connectivity index (χ3n) is 1.33. The van der Waals surface area contributed by atoms with Crippen LogP contribution < -0.4 is 0 Å². The molecule has 0 aliphatic rings. The van der Waals surface area contributed by atoms with Crippen LogP contribution >= 0.6 is 27.5 Å². The molecule has 0 fully saturated rings. The zero-order valence-corrected chi connectivity index (χ0v) is 8.75. The molecule has 0 saturated heterocycles. The van der Waals surface area contributed by atoms with Gasteiger partial charge in [0.15, 0.2) is 0 Å². The highest BCUT2D eigenvalue weighted by Gasteiger charge is 2.03. The van der Waals surface area contributed by atoms with Crippen LogP contribution in [0.4, 0.5) is 0 Å². The van der Waals surface area contributed by atoms with Gasteiger partial charge in [-0.3, -0.25) is 10.1 Å². The fourth-order valence-electron chi connectivity index (χ4n) is 0.749. The fourth-order valence-corrected chi connectivity index (χ4v) is 1.14. The second-order valence-corrected chi connectivity index (χ2v) is 3.52. The maximum atomic E-state index is 10.2. The lowest BCUT2D eigenvalue weighted by Crippen LogP contribution is -1.89. The van der Waals surface area contributed by atoms with E-state index in [9.17, 15) is 10.1 Å². The average molecular weight is 262 g/mol. The highest BCUT2D eigenvalue weighted by atomic mass is 79.9. The van der Waals surface area contributed by atoms with E-state index >= 15 is 0 Å². The molecule has 0 saturated carbocycles. The Morgan fingerprint density at radius 1 is 1.46 bits per heavy atom. The standard InChI is InChI=1S/C8H5BrClNO2/c9-8(11(12)13)5-6-1-3-7(10)4-2-6/h1-5H/b8-5-. The van der Waals surface area contributed by atoms with Crippen molar-refractivity contribution in [2.75, 3.05) is 0 Å². The van der Waals surface area contributed by atoms with Crippen molar-refractivity contribution in [2.24, 2.45) is 0 Å². The largest absolute Gasteiger partial charge is 0.311 e. The monoisotopic (exact) mass is 261 g/mol. The van der Waals surface area contributed by atoms with Crippen molar-refractivity contribution in [1.29, 1.82) is 0 Å². The highest BCUT2D eigenvalue weighted by molar-refractivity contribution is 9.11. The summed E-state index contributed by atoms with van der Waals surface area (Å²) in [6.45, 7) is 0. The van der Waals surface area contributed by atoms with E-state index in [0.29, 0.717) is 5.02 Å². The van der Waals surface area contributed by atoms with Crippen LogP contribution in [0.3, 0.4) is 0 Å². The molecule has 0 aromatic heterocycles. The van der Waals surface area contributed by atoms with Crippen molar-refractivity contribution < 1.29 is 4.92 Å². The summed E-state index contributed by atoms with van der Waals surface area (Å²) >= 11 is 8.47. The average Bonchev–Trinajstić information content (AvgIpc) is 2.08. The summed E-state index contributed by atoms with van der Waals surface area (Å²) in [5.41, 5.74) is 0.730. The van der Waals surface area contributed by atoms with E-state index in [1.54, 1.807) is 24.3 Å². The number of nitro groups is 1. The van der Waals surface area contributed by atoms with Crippen molar-refractivity contribution in [1.82, 2.24) is 0 Å². The van der Waals surface area contributed by atoms with Gasteiger partial charge in [-0.05, 0) is 17.7 Å². The van der Waals surface area contributed by atoms with Crippen molar-refractivity contribution in [3.05, 3.63) is 49.6 Å². The normalized spacial score (nSPS) is 11.4. The SMILES string of the molecule is O=[N+]([O-])/C(Br)=C\c1ccc(Cl)cc1. The highest BCUT2D eigenvalue weighted by Crippen LogP contribution is 2.15. The Kier molecular flexibility index (Phi) is 3.45. The second-order valence-electron chi connectivity index (χ2n) is 2.28. The molecular formula is C8H5BrClNO2. The lowest BCUT2D eigenvalue weighted by atomic mass is 10.2. The predicted octanol–water partition coefficient (Wildman–Crippen LogP) is 3.31. The molecule has 1 aromatic carbocycles. The molecule has 0 unspecified atom stereocenters. The molecule has 0 heterocycles. The fraction of sp³-hybridized carbons (Fsp3) is 0. The Labute approximate surface area is 88.3 Å². The smallest absolute Gasteiger partial charge is 0.258 e. The summed E-state index contributed by atoms with van der Waals surface area (Å²) in [6, 6.07) is 6.75. The summed E-state index contributed by atoms with van der Waals surface area (Å²) in [5.74, 6) is 0. The molecular weight excluding hydrogens is 257 g/mol. The summed E-state index contributed by atoms with van der Waals surface area (Å²) in [4.78, 5) is 9.73. The van der Waals surface area contributed by atoms with Crippen LogP contribution in [0, 0.1) is 10.1 Å². The number of rotatable bonds is 2. The first-order chi connectivity index (χ1) is 6.09. The zero-order chi connectivity index (χ0) is 9.84. The van der Waals surface area contributed by atoms with Gasteiger partial charge < -0.3 is 0 Å². The van der Waals surface area contributed by atoms with Crippen LogP contribution in [-0.4, -0.2) is 4.92 Å². The van der Waals surface area contributed by atoms with Gasteiger partial charge in [-0.15, -0.1) is 0 Å². The van der Waals surface area contributed by atoms with Crippen LogP contribution in [0.5, 0.6) is 0 Å². The quantitative estimate of drug-likeness (QED) is 0.466. The van der Waals surface area contributed by atoms with Gasteiger partial charge in [0.2, 0.25) is 0 Å². The Bertz CT molecular complexity index is 348. The van der Waals surface area contributed by atoms with Gasteiger partial charge in [0.25, 0.3) is 0 Å². The Morgan fingerprint density at radius 3 is 2.46 bits per heavy atom. The molecule has 0 aliphatic carbocycles. The third-order valence-corrected chi connectivity index (χ3v) is 2.10. The molecule has 13 heavy (non-hydrogen) atoms. The van der Waals surface area contributed by atoms with E-state index in [4.69, 9.17) is 11.6 Å². The van der Waals surface area contributed by atoms with E-state index in [1.807, 2.05) is 0 Å². The van der Waals surface area contributed by atoms with Crippen molar-refractivity contribution >= 4 is 33.6 Å². The molecule has 3 nitrogen and oxygen atoms in total. The first-order valence-electron chi connectivity index (χ1n) is 3.37. The minimum Gasteiger partial charge on any atom is -0.258 e. The van der Waals surface area contributed by atoms with Gasteiger partial charge in [0, 0.05) is 27.0 Å². The van der Waals surface area contributed by atoms with Crippen molar-refractivity contribution in [2.45, 2.75) is 0 Å². The maximum absolute atomic E-state index is 10.2. The lowest BCUT2D eigenvalue weighted by Gasteiger charge is -1.92. The lowest BCUT2D eigenvalue weighted by molar-refractivity contribution is -0.407. The number of nitrogens with zero attached hydrogens (tertiary/aromatic N) is 1. The first kappa shape index (κ1) is 10.2. The molecule has 5 heteroatoms. The van der Waals surface area contributed by atoms with E-state index in [1.165, 1.54) is 6.08 Å². The topological polar surface area (TPSA) is 43.1 Å². The van der Waals surface area contributed by atoms with Crippen LogP contribution in [0.25, 0.3) is 6.08 Å². The van der Waals surface area contributed by atoms with E-state index < -0.39 is 4.92 Å². The van der Waals surface area contributed by atoms with E-state index in [2.05, 4.69) is 15.9 Å². The molecule has 0 spiro atoms. The van der Waals surface area contributed by atoms with Gasteiger partial charge in [-0.25, -0.2) is 0 Å². The second kappa shape index (κ2) is 4.39.